The van der Waals surface area contributed by atoms with Crippen LogP contribution in [0.2, 0.25) is 5.15 Å². The lowest BCUT2D eigenvalue weighted by Gasteiger charge is -2.09. The predicted molar refractivity (Wildman–Crippen MR) is 86.8 cm³/mol. The highest BCUT2D eigenvalue weighted by molar-refractivity contribution is 9.10. The molecule has 0 fully saturated rings. The van der Waals surface area contributed by atoms with Gasteiger partial charge in [0.15, 0.2) is 0 Å². The van der Waals surface area contributed by atoms with E-state index in [-0.39, 0.29) is 5.56 Å². The van der Waals surface area contributed by atoms with Gasteiger partial charge in [0.05, 0.1) is 24.1 Å². The first-order chi connectivity index (χ1) is 10.1. The number of nitrogens with zero attached hydrogens (tertiary/aromatic N) is 3. The molecular formula is C15H11BrClN3O. The fourth-order valence-corrected chi connectivity index (χ4v) is 2.62. The third kappa shape index (κ3) is 2.71. The Morgan fingerprint density at radius 2 is 2.10 bits per heavy atom. The minimum absolute atomic E-state index is 0.133. The standard InChI is InChI=1S/C15H11BrClN3O/c1-9-13(16)15(21)20(8-18-9)7-11-6-10-4-2-3-5-12(10)19-14(11)17/h2-6,8H,7H2,1H3. The van der Waals surface area contributed by atoms with Gasteiger partial charge in [0.25, 0.3) is 5.56 Å². The molecule has 4 nitrogen and oxygen atoms in total. The summed E-state index contributed by atoms with van der Waals surface area (Å²) in [5, 5.41) is 1.39. The number of benzene rings is 1. The normalized spacial score (nSPS) is 11.0. The van der Waals surface area contributed by atoms with Crippen molar-refractivity contribution < 1.29 is 0 Å². The molecule has 6 heteroatoms. The van der Waals surface area contributed by atoms with Gasteiger partial charge in [-0.3, -0.25) is 9.36 Å². The van der Waals surface area contributed by atoms with Crippen LogP contribution in [0.3, 0.4) is 0 Å². The second-order valence-electron chi connectivity index (χ2n) is 4.71. The number of fused-ring (bicyclic) bond motifs is 1. The summed E-state index contributed by atoms with van der Waals surface area (Å²) in [4.78, 5) is 20.7. The van der Waals surface area contributed by atoms with Gasteiger partial charge in [-0.15, -0.1) is 0 Å². The number of para-hydroxylation sites is 1. The quantitative estimate of drug-likeness (QED) is 0.653. The van der Waals surface area contributed by atoms with E-state index in [4.69, 9.17) is 11.6 Å². The lowest BCUT2D eigenvalue weighted by molar-refractivity contribution is 0.723. The first-order valence-corrected chi connectivity index (χ1v) is 7.49. The molecule has 0 N–H and O–H groups in total. The first kappa shape index (κ1) is 14.2. The zero-order chi connectivity index (χ0) is 15.0. The van der Waals surface area contributed by atoms with Gasteiger partial charge in [0.2, 0.25) is 0 Å². The molecule has 0 aliphatic rings. The summed E-state index contributed by atoms with van der Waals surface area (Å²) in [5.41, 5.74) is 2.16. The summed E-state index contributed by atoms with van der Waals surface area (Å²) in [6.07, 6.45) is 1.52. The highest BCUT2D eigenvalue weighted by Crippen LogP contribution is 2.21. The molecule has 0 saturated heterocycles. The van der Waals surface area contributed by atoms with Gasteiger partial charge in [-0.2, -0.15) is 0 Å². The molecule has 0 aliphatic heterocycles. The first-order valence-electron chi connectivity index (χ1n) is 6.32. The summed E-state index contributed by atoms with van der Waals surface area (Å²) < 4.78 is 1.98. The van der Waals surface area contributed by atoms with E-state index in [1.807, 2.05) is 30.3 Å². The van der Waals surface area contributed by atoms with Gasteiger partial charge >= 0.3 is 0 Å². The third-order valence-electron chi connectivity index (χ3n) is 3.25. The van der Waals surface area contributed by atoms with E-state index in [2.05, 4.69) is 25.9 Å². The SMILES string of the molecule is Cc1ncn(Cc2cc3ccccc3nc2Cl)c(=O)c1Br. The van der Waals surface area contributed by atoms with Gasteiger partial charge in [0.1, 0.15) is 9.63 Å². The largest absolute Gasteiger partial charge is 0.294 e. The Balaban J connectivity index is 2.08. The van der Waals surface area contributed by atoms with E-state index >= 15 is 0 Å². The van der Waals surface area contributed by atoms with Gasteiger partial charge in [0, 0.05) is 10.9 Å². The maximum absolute atomic E-state index is 12.2. The van der Waals surface area contributed by atoms with Crippen molar-refractivity contribution in [3.05, 3.63) is 67.9 Å². The van der Waals surface area contributed by atoms with Crippen LogP contribution in [-0.4, -0.2) is 14.5 Å². The second kappa shape index (κ2) is 5.58. The molecule has 0 unspecified atom stereocenters. The Kier molecular flexibility index (Phi) is 3.78. The van der Waals surface area contributed by atoms with Crippen LogP contribution >= 0.6 is 27.5 Å². The van der Waals surface area contributed by atoms with Crippen LogP contribution in [0.25, 0.3) is 10.9 Å². The van der Waals surface area contributed by atoms with Crippen molar-refractivity contribution in [1.82, 2.24) is 14.5 Å². The predicted octanol–water partition coefficient (Wildman–Crippen LogP) is 3.56. The van der Waals surface area contributed by atoms with Gasteiger partial charge in [-0.25, -0.2) is 9.97 Å². The number of aryl methyl sites for hydroxylation is 1. The highest BCUT2D eigenvalue weighted by Gasteiger charge is 2.09. The van der Waals surface area contributed by atoms with E-state index in [9.17, 15) is 4.79 Å². The lowest BCUT2D eigenvalue weighted by atomic mass is 10.1. The fraction of sp³-hybridized carbons (Fsp3) is 0.133. The lowest BCUT2D eigenvalue weighted by Crippen LogP contribution is -2.22. The molecule has 3 rings (SSSR count). The number of halogens is 2. The summed E-state index contributed by atoms with van der Waals surface area (Å²) >= 11 is 9.48. The van der Waals surface area contributed by atoms with Gasteiger partial charge in [-0.1, -0.05) is 29.8 Å². The van der Waals surface area contributed by atoms with Crippen LogP contribution in [0.4, 0.5) is 0 Å². The smallest absolute Gasteiger partial charge is 0.268 e. The number of hydrogen-bond acceptors (Lipinski definition) is 3. The fourth-order valence-electron chi connectivity index (χ4n) is 2.09. The molecule has 0 saturated carbocycles. The monoisotopic (exact) mass is 363 g/mol. The van der Waals surface area contributed by atoms with E-state index in [1.54, 1.807) is 6.92 Å². The third-order valence-corrected chi connectivity index (χ3v) is 4.49. The molecule has 1 aromatic carbocycles. The van der Waals surface area contributed by atoms with Crippen molar-refractivity contribution in [2.45, 2.75) is 13.5 Å². The van der Waals surface area contributed by atoms with Crippen LogP contribution in [0.15, 0.2) is 45.9 Å². The van der Waals surface area contributed by atoms with E-state index in [0.29, 0.717) is 21.9 Å². The Bertz CT molecular complexity index is 892. The van der Waals surface area contributed by atoms with Crippen molar-refractivity contribution in [1.29, 1.82) is 0 Å². The topological polar surface area (TPSA) is 47.8 Å². The minimum Gasteiger partial charge on any atom is -0.294 e. The summed E-state index contributed by atoms with van der Waals surface area (Å²) in [6.45, 7) is 2.11. The maximum atomic E-state index is 12.2. The summed E-state index contributed by atoms with van der Waals surface area (Å²) in [7, 11) is 0. The summed E-state index contributed by atoms with van der Waals surface area (Å²) in [5.74, 6) is 0. The van der Waals surface area contributed by atoms with Crippen molar-refractivity contribution in [3.8, 4) is 0 Å². The molecule has 0 spiro atoms. The van der Waals surface area contributed by atoms with Crippen LogP contribution in [0.5, 0.6) is 0 Å². The number of pyridine rings is 1. The zero-order valence-corrected chi connectivity index (χ0v) is 13.5. The number of hydrogen-bond donors (Lipinski definition) is 0. The molecule has 3 aromatic rings. The Labute approximate surface area is 134 Å². The molecule has 0 aliphatic carbocycles. The molecule has 0 amide bonds. The van der Waals surface area contributed by atoms with Gasteiger partial charge < -0.3 is 0 Å². The molecule has 106 valence electrons. The minimum atomic E-state index is -0.133. The molecule has 2 heterocycles. The van der Waals surface area contributed by atoms with Crippen molar-refractivity contribution in [2.24, 2.45) is 0 Å². The second-order valence-corrected chi connectivity index (χ2v) is 5.86. The highest BCUT2D eigenvalue weighted by atomic mass is 79.9. The number of rotatable bonds is 2. The molecule has 2 aromatic heterocycles. The van der Waals surface area contributed by atoms with Crippen molar-refractivity contribution in [3.63, 3.8) is 0 Å². The number of aromatic nitrogens is 3. The molecule has 21 heavy (non-hydrogen) atoms. The molecule has 0 atom stereocenters. The Morgan fingerprint density at radius 3 is 2.90 bits per heavy atom. The van der Waals surface area contributed by atoms with Gasteiger partial charge in [-0.05, 0) is 35.0 Å². The van der Waals surface area contributed by atoms with E-state index in [1.165, 1.54) is 10.9 Å². The molecular weight excluding hydrogens is 354 g/mol. The zero-order valence-electron chi connectivity index (χ0n) is 11.2. The van der Waals surface area contributed by atoms with Crippen LogP contribution in [-0.2, 0) is 6.54 Å². The van der Waals surface area contributed by atoms with Crippen LogP contribution < -0.4 is 5.56 Å². The van der Waals surface area contributed by atoms with Crippen LogP contribution in [0.1, 0.15) is 11.3 Å². The van der Waals surface area contributed by atoms with Crippen LogP contribution in [0, 0.1) is 6.92 Å². The maximum Gasteiger partial charge on any atom is 0.268 e. The van der Waals surface area contributed by atoms with E-state index in [0.717, 1.165) is 16.5 Å². The summed E-state index contributed by atoms with van der Waals surface area (Å²) in [6, 6.07) is 9.68. The molecule has 0 radical (unpaired) electrons. The molecule has 0 bridgehead atoms. The van der Waals surface area contributed by atoms with E-state index < -0.39 is 0 Å². The average Bonchev–Trinajstić information content (AvgIpc) is 2.48. The Hall–Kier alpha value is -1.72. The average molecular weight is 365 g/mol. The van der Waals surface area contributed by atoms with Crippen molar-refractivity contribution in [2.75, 3.05) is 0 Å². The van der Waals surface area contributed by atoms with Crippen molar-refractivity contribution >= 4 is 38.4 Å². The Morgan fingerprint density at radius 1 is 1.33 bits per heavy atom.